The maximum atomic E-state index is 13.2. The minimum Gasteiger partial charge on any atom is -0.322 e. The first kappa shape index (κ1) is 23.5. The van der Waals surface area contributed by atoms with E-state index >= 15 is 0 Å². The smallest absolute Gasteiger partial charge is 0.322 e. The lowest BCUT2D eigenvalue weighted by atomic mass is 10.1. The van der Waals surface area contributed by atoms with Crippen LogP contribution in [-0.4, -0.2) is 42.8 Å². The first-order valence-electron chi connectivity index (χ1n) is 10.0. The van der Waals surface area contributed by atoms with Crippen molar-refractivity contribution >= 4 is 33.0 Å². The van der Waals surface area contributed by atoms with Crippen LogP contribution >= 0.6 is 0 Å². The Morgan fingerprint density at radius 3 is 2.26 bits per heavy atom. The molecular formula is C22H19F3N4O4S. The number of aromatic nitrogens is 2. The van der Waals surface area contributed by atoms with Crippen LogP contribution in [0.3, 0.4) is 0 Å². The van der Waals surface area contributed by atoms with Crippen molar-refractivity contribution < 1.29 is 31.2 Å². The van der Waals surface area contributed by atoms with Crippen LogP contribution in [0.1, 0.15) is 39.4 Å². The van der Waals surface area contributed by atoms with Gasteiger partial charge in [0.15, 0.2) is 9.84 Å². The van der Waals surface area contributed by atoms with E-state index in [2.05, 4.69) is 10.4 Å². The number of hydrogen-bond acceptors (Lipinski definition) is 5. The summed E-state index contributed by atoms with van der Waals surface area (Å²) in [4.78, 5) is 27.5. The number of benzene rings is 2. The standard InChI is InChI=1S/C22H19F3N4O4S/c1-13-12-28(16-7-3-14(4-8-16)22(23,24)25)21(31)19-18(11-26-29(13)19)20(30)27-15-5-9-17(10-6-15)34(2,32)33/h3-11,13H,12H2,1-2H3,(H,27,30)/t13-/m0/s1. The van der Waals surface area contributed by atoms with Crippen molar-refractivity contribution in [2.24, 2.45) is 0 Å². The summed E-state index contributed by atoms with van der Waals surface area (Å²) in [5, 5.41) is 6.76. The molecule has 178 valence electrons. The second-order valence-electron chi connectivity index (χ2n) is 7.91. The first-order valence-corrected chi connectivity index (χ1v) is 11.9. The molecule has 0 bridgehead atoms. The zero-order valence-corrected chi connectivity index (χ0v) is 18.8. The summed E-state index contributed by atoms with van der Waals surface area (Å²) in [6.07, 6.45) is -2.18. The number of halogens is 3. The van der Waals surface area contributed by atoms with E-state index < -0.39 is 33.4 Å². The molecule has 0 saturated heterocycles. The molecule has 2 heterocycles. The van der Waals surface area contributed by atoms with Crippen molar-refractivity contribution in [3.8, 4) is 0 Å². The highest BCUT2D eigenvalue weighted by Gasteiger charge is 2.36. The van der Waals surface area contributed by atoms with Crippen LogP contribution in [0.25, 0.3) is 0 Å². The number of sulfone groups is 1. The molecule has 8 nitrogen and oxygen atoms in total. The summed E-state index contributed by atoms with van der Waals surface area (Å²) < 4.78 is 63.3. The number of nitrogens with zero attached hydrogens (tertiary/aromatic N) is 3. The van der Waals surface area contributed by atoms with Gasteiger partial charge in [0, 0.05) is 24.2 Å². The van der Waals surface area contributed by atoms with Crippen LogP contribution in [0.15, 0.2) is 59.6 Å². The van der Waals surface area contributed by atoms with Gasteiger partial charge in [-0.3, -0.25) is 14.3 Å². The first-order chi connectivity index (χ1) is 15.9. The van der Waals surface area contributed by atoms with E-state index in [0.29, 0.717) is 5.69 Å². The molecule has 2 amide bonds. The monoisotopic (exact) mass is 492 g/mol. The molecule has 1 aromatic heterocycles. The number of hydrogen-bond donors (Lipinski definition) is 1. The van der Waals surface area contributed by atoms with Gasteiger partial charge in [0.05, 0.1) is 28.3 Å². The van der Waals surface area contributed by atoms with Gasteiger partial charge < -0.3 is 10.2 Å². The lowest BCUT2D eigenvalue weighted by molar-refractivity contribution is -0.137. The summed E-state index contributed by atoms with van der Waals surface area (Å²) in [7, 11) is -3.40. The van der Waals surface area contributed by atoms with E-state index in [1.807, 2.05) is 0 Å². The Morgan fingerprint density at radius 1 is 1.09 bits per heavy atom. The highest BCUT2D eigenvalue weighted by Crippen LogP contribution is 2.33. The van der Waals surface area contributed by atoms with Crippen LogP contribution in [0.4, 0.5) is 24.5 Å². The van der Waals surface area contributed by atoms with E-state index in [9.17, 15) is 31.2 Å². The summed E-state index contributed by atoms with van der Waals surface area (Å²) >= 11 is 0. The molecule has 0 fully saturated rings. The maximum absolute atomic E-state index is 13.2. The van der Waals surface area contributed by atoms with Gasteiger partial charge in [-0.05, 0) is 55.5 Å². The number of carbonyl (C=O) groups is 2. The van der Waals surface area contributed by atoms with Crippen LogP contribution in [0.2, 0.25) is 0 Å². The van der Waals surface area contributed by atoms with E-state index in [0.717, 1.165) is 18.4 Å². The molecule has 1 aliphatic rings. The number of carbonyl (C=O) groups excluding carboxylic acids is 2. The average Bonchev–Trinajstić information content (AvgIpc) is 3.22. The van der Waals surface area contributed by atoms with E-state index in [-0.39, 0.29) is 34.4 Å². The van der Waals surface area contributed by atoms with Gasteiger partial charge in [0.25, 0.3) is 11.8 Å². The highest BCUT2D eigenvalue weighted by atomic mass is 32.2. The molecule has 3 aromatic rings. The Labute approximate surface area is 192 Å². The Kier molecular flexibility index (Phi) is 5.72. The fraction of sp³-hybridized carbons (Fsp3) is 0.227. The Morgan fingerprint density at radius 2 is 1.71 bits per heavy atom. The predicted molar refractivity (Wildman–Crippen MR) is 118 cm³/mol. The number of alkyl halides is 3. The topological polar surface area (TPSA) is 101 Å². The fourth-order valence-corrected chi connectivity index (χ4v) is 4.30. The third kappa shape index (κ3) is 4.40. The Bertz CT molecular complexity index is 1360. The van der Waals surface area contributed by atoms with Crippen molar-refractivity contribution in [2.75, 3.05) is 23.0 Å². The molecule has 0 unspecified atom stereocenters. The molecule has 0 aliphatic carbocycles. The normalized spacial score (nSPS) is 16.3. The molecule has 1 aliphatic heterocycles. The van der Waals surface area contributed by atoms with Crippen molar-refractivity contribution in [1.82, 2.24) is 9.78 Å². The second kappa shape index (κ2) is 8.28. The average molecular weight is 492 g/mol. The molecule has 34 heavy (non-hydrogen) atoms. The lowest BCUT2D eigenvalue weighted by Crippen LogP contribution is -2.43. The van der Waals surface area contributed by atoms with Gasteiger partial charge in [-0.1, -0.05) is 0 Å². The summed E-state index contributed by atoms with van der Waals surface area (Å²) in [5.74, 6) is -1.21. The quantitative estimate of drug-likeness (QED) is 0.598. The molecule has 4 rings (SSSR count). The third-order valence-corrected chi connectivity index (χ3v) is 6.53. The fourth-order valence-electron chi connectivity index (χ4n) is 3.67. The van der Waals surface area contributed by atoms with Crippen LogP contribution in [0, 0.1) is 0 Å². The van der Waals surface area contributed by atoms with Gasteiger partial charge in [0.2, 0.25) is 0 Å². The van der Waals surface area contributed by atoms with Gasteiger partial charge >= 0.3 is 6.18 Å². The number of fused-ring (bicyclic) bond motifs is 1. The van der Waals surface area contributed by atoms with E-state index in [4.69, 9.17) is 0 Å². The largest absolute Gasteiger partial charge is 0.416 e. The second-order valence-corrected chi connectivity index (χ2v) is 9.93. The van der Waals surface area contributed by atoms with Crippen LogP contribution in [0.5, 0.6) is 0 Å². The Balaban J connectivity index is 1.61. The van der Waals surface area contributed by atoms with Crippen molar-refractivity contribution in [3.05, 3.63) is 71.5 Å². The molecule has 0 spiro atoms. The van der Waals surface area contributed by atoms with Crippen molar-refractivity contribution in [1.29, 1.82) is 0 Å². The van der Waals surface area contributed by atoms with E-state index in [1.165, 1.54) is 52.2 Å². The number of anilines is 2. The number of amides is 2. The maximum Gasteiger partial charge on any atom is 0.416 e. The molecule has 2 aromatic carbocycles. The summed E-state index contributed by atoms with van der Waals surface area (Å²) in [6, 6.07) is 9.40. The zero-order valence-electron chi connectivity index (χ0n) is 18.0. The molecule has 0 radical (unpaired) electrons. The summed E-state index contributed by atoms with van der Waals surface area (Å²) in [6.45, 7) is 1.93. The van der Waals surface area contributed by atoms with Gasteiger partial charge in [-0.15, -0.1) is 0 Å². The minimum atomic E-state index is -4.50. The lowest BCUT2D eigenvalue weighted by Gasteiger charge is -2.32. The third-order valence-electron chi connectivity index (χ3n) is 5.40. The molecule has 1 N–H and O–H groups in total. The van der Waals surface area contributed by atoms with Crippen molar-refractivity contribution in [2.45, 2.75) is 24.0 Å². The number of nitrogens with one attached hydrogen (secondary N) is 1. The van der Waals surface area contributed by atoms with Crippen LogP contribution in [-0.2, 0) is 16.0 Å². The van der Waals surface area contributed by atoms with Gasteiger partial charge in [0.1, 0.15) is 5.69 Å². The highest BCUT2D eigenvalue weighted by molar-refractivity contribution is 7.90. The van der Waals surface area contributed by atoms with Crippen LogP contribution < -0.4 is 10.2 Å². The van der Waals surface area contributed by atoms with Gasteiger partial charge in [-0.25, -0.2) is 8.42 Å². The number of rotatable bonds is 4. The molecule has 1 atom stereocenters. The minimum absolute atomic E-state index is 0.00361. The molecular weight excluding hydrogens is 473 g/mol. The van der Waals surface area contributed by atoms with E-state index in [1.54, 1.807) is 6.92 Å². The predicted octanol–water partition coefficient (Wildman–Crippen LogP) is 3.78. The molecule has 12 heteroatoms. The SMILES string of the molecule is C[C@H]1CN(c2ccc(C(F)(F)F)cc2)C(=O)c2c(C(=O)Nc3ccc(S(C)(=O)=O)cc3)cnn21. The Hall–Kier alpha value is -3.67. The summed E-state index contributed by atoms with van der Waals surface area (Å²) in [5.41, 5.74) is -0.265. The van der Waals surface area contributed by atoms with Gasteiger partial charge in [-0.2, -0.15) is 18.3 Å². The zero-order chi connectivity index (χ0) is 24.8. The van der Waals surface area contributed by atoms with Crippen molar-refractivity contribution in [3.63, 3.8) is 0 Å². The molecule has 0 saturated carbocycles.